The Morgan fingerprint density at radius 2 is 1.84 bits per heavy atom. The number of aromatic nitrogens is 2. The molecule has 0 aliphatic heterocycles. The predicted molar refractivity (Wildman–Crippen MR) is 112 cm³/mol. The number of aliphatic carboxylic acids is 1. The molecule has 0 saturated heterocycles. The number of amides is 4. The maximum atomic E-state index is 12.7. The van der Waals surface area contributed by atoms with E-state index in [9.17, 15) is 24.0 Å². The summed E-state index contributed by atoms with van der Waals surface area (Å²) in [4.78, 5) is 66.0. The van der Waals surface area contributed by atoms with Crippen molar-refractivity contribution in [1.82, 2.24) is 25.9 Å². The number of carbonyl (C=O) groups excluding carboxylic acids is 4. The van der Waals surface area contributed by atoms with Crippen molar-refractivity contribution in [2.45, 2.75) is 37.4 Å². The van der Waals surface area contributed by atoms with Crippen LogP contribution < -0.4 is 27.4 Å². The number of carboxylic acids is 1. The van der Waals surface area contributed by atoms with Crippen LogP contribution in [0.4, 0.5) is 0 Å². The fraction of sp³-hybridized carbons (Fsp3) is 0.529. The molecule has 13 nitrogen and oxygen atoms in total. The second-order valence-electron chi connectivity index (χ2n) is 6.57. The van der Waals surface area contributed by atoms with Gasteiger partial charge in [0.25, 0.3) is 0 Å². The number of carbonyl (C=O) groups is 5. The van der Waals surface area contributed by atoms with Gasteiger partial charge in [-0.1, -0.05) is 0 Å². The van der Waals surface area contributed by atoms with Gasteiger partial charge in [0.05, 0.1) is 18.8 Å². The number of nitrogens with one attached hydrogen (secondary N) is 4. The van der Waals surface area contributed by atoms with E-state index in [4.69, 9.17) is 16.6 Å². The zero-order valence-corrected chi connectivity index (χ0v) is 17.7. The van der Waals surface area contributed by atoms with Gasteiger partial charge in [-0.2, -0.15) is 11.8 Å². The second kappa shape index (κ2) is 13.2. The Hall–Kier alpha value is -3.13. The van der Waals surface area contributed by atoms with Gasteiger partial charge in [-0.3, -0.25) is 24.0 Å². The van der Waals surface area contributed by atoms with Crippen LogP contribution >= 0.6 is 11.8 Å². The number of imidazole rings is 1. The van der Waals surface area contributed by atoms with E-state index in [1.807, 2.05) is 0 Å². The molecule has 4 amide bonds. The number of carboxylic acid groups (broad SMARTS) is 1. The van der Waals surface area contributed by atoms with Crippen LogP contribution in [0, 0.1) is 0 Å². The van der Waals surface area contributed by atoms with Crippen LogP contribution in [0.5, 0.6) is 0 Å². The lowest BCUT2D eigenvalue weighted by atomic mass is 10.1. The van der Waals surface area contributed by atoms with Crippen LogP contribution in [0.25, 0.3) is 0 Å². The van der Waals surface area contributed by atoms with E-state index < -0.39 is 60.7 Å². The Labute approximate surface area is 182 Å². The maximum Gasteiger partial charge on any atom is 0.322 e. The van der Waals surface area contributed by atoms with Gasteiger partial charge in [0.15, 0.2) is 0 Å². The van der Waals surface area contributed by atoms with Gasteiger partial charge in [-0.25, -0.2) is 4.98 Å². The summed E-state index contributed by atoms with van der Waals surface area (Å²) in [5.74, 6) is -3.82. The Kier molecular flexibility index (Phi) is 11.1. The number of thioether (sulfide) groups is 1. The van der Waals surface area contributed by atoms with Crippen LogP contribution in [0.1, 0.15) is 18.5 Å². The molecule has 0 aliphatic carbocycles. The monoisotopic (exact) mass is 457 g/mol. The zero-order valence-electron chi connectivity index (χ0n) is 16.9. The molecule has 0 radical (unpaired) electrons. The standard InChI is InChI=1S/C17H27N7O6S/c1-31-3-2-11(16(29)21-7-14(26)27)23-17(30)12(5-13(19)25)24-15(28)10(18)4-9-6-20-8-22-9/h6,8,10-12H,2-5,7,18H2,1H3,(H2,19,25)(H,20,22)(H,21,29)(H,23,30)(H,24,28)(H,26,27). The van der Waals surface area contributed by atoms with Crippen molar-refractivity contribution in [2.75, 3.05) is 18.6 Å². The molecule has 0 bridgehead atoms. The summed E-state index contributed by atoms with van der Waals surface area (Å²) < 4.78 is 0. The number of nitrogens with zero attached hydrogens (tertiary/aromatic N) is 1. The van der Waals surface area contributed by atoms with Crippen LogP contribution in [-0.4, -0.2) is 81.4 Å². The zero-order chi connectivity index (χ0) is 23.4. The van der Waals surface area contributed by atoms with Crippen molar-refractivity contribution < 1.29 is 29.1 Å². The molecule has 3 unspecified atom stereocenters. The molecular formula is C17H27N7O6S. The summed E-state index contributed by atoms with van der Waals surface area (Å²) in [6.45, 7) is -0.617. The van der Waals surface area contributed by atoms with Gasteiger partial charge in [0.1, 0.15) is 18.6 Å². The highest BCUT2D eigenvalue weighted by Gasteiger charge is 2.29. The lowest BCUT2D eigenvalue weighted by Gasteiger charge is -2.23. The first-order chi connectivity index (χ1) is 14.6. The number of hydrogen-bond acceptors (Lipinski definition) is 8. The lowest BCUT2D eigenvalue weighted by molar-refractivity contribution is -0.138. The smallest absolute Gasteiger partial charge is 0.322 e. The molecule has 0 saturated carbocycles. The van der Waals surface area contributed by atoms with E-state index in [-0.39, 0.29) is 12.8 Å². The number of primary amides is 1. The van der Waals surface area contributed by atoms with E-state index in [1.165, 1.54) is 24.3 Å². The van der Waals surface area contributed by atoms with E-state index in [2.05, 4.69) is 25.9 Å². The molecule has 0 fully saturated rings. The molecule has 9 N–H and O–H groups in total. The van der Waals surface area contributed by atoms with Crippen LogP contribution in [0.15, 0.2) is 12.5 Å². The fourth-order valence-electron chi connectivity index (χ4n) is 2.48. The minimum absolute atomic E-state index is 0.116. The summed E-state index contributed by atoms with van der Waals surface area (Å²) in [6.07, 6.45) is 4.52. The highest BCUT2D eigenvalue weighted by Crippen LogP contribution is 2.04. The summed E-state index contributed by atoms with van der Waals surface area (Å²) in [5, 5.41) is 15.7. The van der Waals surface area contributed by atoms with Crippen LogP contribution in [0.3, 0.4) is 0 Å². The largest absolute Gasteiger partial charge is 0.480 e. The third-order valence-corrected chi connectivity index (χ3v) is 4.67. The molecule has 0 aromatic carbocycles. The molecule has 1 heterocycles. The van der Waals surface area contributed by atoms with Crippen molar-refractivity contribution in [1.29, 1.82) is 0 Å². The minimum Gasteiger partial charge on any atom is -0.480 e. The van der Waals surface area contributed by atoms with Crippen molar-refractivity contribution in [3.63, 3.8) is 0 Å². The van der Waals surface area contributed by atoms with E-state index in [0.717, 1.165) is 0 Å². The molecule has 14 heteroatoms. The number of H-pyrrole nitrogens is 1. The predicted octanol–water partition coefficient (Wildman–Crippen LogP) is -2.92. The molecular weight excluding hydrogens is 430 g/mol. The summed E-state index contributed by atoms with van der Waals surface area (Å²) in [5.41, 5.74) is 11.6. The topological polar surface area (TPSA) is 222 Å². The molecule has 1 rings (SSSR count). The number of hydrogen-bond donors (Lipinski definition) is 7. The van der Waals surface area contributed by atoms with Gasteiger partial charge < -0.3 is 37.5 Å². The molecule has 172 valence electrons. The van der Waals surface area contributed by atoms with Crippen molar-refractivity contribution in [3.8, 4) is 0 Å². The molecule has 1 aromatic rings. The van der Waals surface area contributed by atoms with Crippen molar-refractivity contribution in [3.05, 3.63) is 18.2 Å². The van der Waals surface area contributed by atoms with Crippen molar-refractivity contribution >= 4 is 41.4 Å². The third kappa shape index (κ3) is 9.95. The van der Waals surface area contributed by atoms with E-state index >= 15 is 0 Å². The van der Waals surface area contributed by atoms with Gasteiger partial charge >= 0.3 is 5.97 Å². The highest BCUT2D eigenvalue weighted by molar-refractivity contribution is 7.98. The van der Waals surface area contributed by atoms with Crippen LogP contribution in [0.2, 0.25) is 0 Å². The Balaban J connectivity index is 2.82. The van der Waals surface area contributed by atoms with E-state index in [1.54, 1.807) is 6.26 Å². The summed E-state index contributed by atoms with van der Waals surface area (Å²) in [7, 11) is 0. The highest BCUT2D eigenvalue weighted by atomic mass is 32.2. The van der Waals surface area contributed by atoms with Crippen LogP contribution in [-0.2, 0) is 30.4 Å². The molecule has 3 atom stereocenters. The quantitative estimate of drug-likeness (QED) is 0.152. The Bertz CT molecular complexity index is 773. The molecule has 0 aliphatic rings. The van der Waals surface area contributed by atoms with Crippen molar-refractivity contribution in [2.24, 2.45) is 11.5 Å². The van der Waals surface area contributed by atoms with Gasteiger partial charge in [-0.05, 0) is 18.4 Å². The summed E-state index contributed by atoms with van der Waals surface area (Å²) >= 11 is 1.42. The maximum absolute atomic E-state index is 12.7. The van der Waals surface area contributed by atoms with E-state index in [0.29, 0.717) is 11.4 Å². The first-order valence-corrected chi connectivity index (χ1v) is 10.6. The first kappa shape index (κ1) is 25.9. The molecule has 31 heavy (non-hydrogen) atoms. The molecule has 0 spiro atoms. The number of aromatic amines is 1. The Morgan fingerprint density at radius 3 is 2.39 bits per heavy atom. The SMILES string of the molecule is CSCCC(NC(=O)C(CC(N)=O)NC(=O)C(N)Cc1cnc[nH]1)C(=O)NCC(=O)O. The average molecular weight is 458 g/mol. The lowest BCUT2D eigenvalue weighted by Crippen LogP contribution is -2.57. The normalized spacial score (nSPS) is 13.5. The van der Waals surface area contributed by atoms with Gasteiger partial charge in [0, 0.05) is 18.3 Å². The second-order valence-corrected chi connectivity index (χ2v) is 7.56. The molecule has 1 aromatic heterocycles. The van der Waals surface area contributed by atoms with Gasteiger partial charge in [-0.15, -0.1) is 0 Å². The number of rotatable bonds is 14. The summed E-state index contributed by atoms with van der Waals surface area (Å²) in [6, 6.07) is -3.46. The number of nitrogens with two attached hydrogens (primary N) is 2. The van der Waals surface area contributed by atoms with Gasteiger partial charge in [0.2, 0.25) is 23.6 Å². The average Bonchev–Trinajstić information content (AvgIpc) is 3.21. The Morgan fingerprint density at radius 1 is 1.16 bits per heavy atom. The fourth-order valence-corrected chi connectivity index (χ4v) is 2.95. The first-order valence-electron chi connectivity index (χ1n) is 9.24. The minimum atomic E-state index is -1.36. The third-order valence-electron chi connectivity index (χ3n) is 4.03.